The van der Waals surface area contributed by atoms with Crippen LogP contribution in [0.25, 0.3) is 5.69 Å². The monoisotopic (exact) mass is 403 g/mol. The molecule has 1 amide bonds. The fourth-order valence-corrected chi connectivity index (χ4v) is 3.36. The molecule has 0 aliphatic carbocycles. The van der Waals surface area contributed by atoms with Gasteiger partial charge in [0, 0.05) is 6.20 Å². The van der Waals surface area contributed by atoms with Gasteiger partial charge in [0.25, 0.3) is 5.91 Å². The highest BCUT2D eigenvalue weighted by Crippen LogP contribution is 2.19. The number of thiophene rings is 1. The Morgan fingerprint density at radius 3 is 2.55 bits per heavy atom. The maximum atomic E-state index is 12.6. The molecule has 29 heavy (non-hydrogen) atoms. The van der Waals surface area contributed by atoms with Crippen molar-refractivity contribution >= 4 is 28.9 Å². The van der Waals surface area contributed by atoms with E-state index in [1.165, 1.54) is 11.3 Å². The molecule has 0 aliphatic rings. The number of hydrogen-bond donors (Lipinski definition) is 1. The number of anilines is 1. The molecular formula is C22H17N3O3S. The smallest absolute Gasteiger partial charge is 0.340 e. The Morgan fingerprint density at radius 2 is 1.76 bits per heavy atom. The van der Waals surface area contributed by atoms with Gasteiger partial charge in [-0.05, 0) is 41.8 Å². The quantitative estimate of drug-likeness (QED) is 0.480. The molecule has 0 atom stereocenters. The van der Waals surface area contributed by atoms with Crippen LogP contribution in [0.5, 0.6) is 0 Å². The van der Waals surface area contributed by atoms with Crippen LogP contribution in [0.4, 0.5) is 5.69 Å². The summed E-state index contributed by atoms with van der Waals surface area (Å²) in [7, 11) is 0. The Balaban J connectivity index is 1.43. The van der Waals surface area contributed by atoms with Gasteiger partial charge in [0.2, 0.25) is 0 Å². The SMILES string of the molecule is O=C(Nc1ccccc1C(=O)OCc1ccn(-c2ccccc2)n1)c1cccs1. The first-order valence-corrected chi connectivity index (χ1v) is 9.79. The molecule has 4 aromatic rings. The first kappa shape index (κ1) is 18.6. The van der Waals surface area contributed by atoms with Crippen LogP contribution in [0.3, 0.4) is 0 Å². The van der Waals surface area contributed by atoms with E-state index in [9.17, 15) is 9.59 Å². The molecule has 2 heterocycles. The van der Waals surface area contributed by atoms with E-state index in [0.717, 1.165) is 5.69 Å². The number of nitrogens with one attached hydrogen (secondary N) is 1. The summed E-state index contributed by atoms with van der Waals surface area (Å²) in [6.45, 7) is 0.0336. The van der Waals surface area contributed by atoms with Crippen LogP contribution >= 0.6 is 11.3 Å². The lowest BCUT2D eigenvalue weighted by Crippen LogP contribution is -2.15. The first-order valence-electron chi connectivity index (χ1n) is 8.92. The van der Waals surface area contributed by atoms with Crippen molar-refractivity contribution in [2.24, 2.45) is 0 Å². The van der Waals surface area contributed by atoms with Crippen molar-refractivity contribution in [3.8, 4) is 5.69 Å². The van der Waals surface area contributed by atoms with E-state index in [-0.39, 0.29) is 12.5 Å². The van der Waals surface area contributed by atoms with Crippen LogP contribution in [-0.4, -0.2) is 21.7 Å². The number of nitrogens with zero attached hydrogens (tertiary/aromatic N) is 2. The molecule has 7 heteroatoms. The van der Waals surface area contributed by atoms with Crippen LogP contribution in [0.1, 0.15) is 25.7 Å². The molecule has 144 valence electrons. The van der Waals surface area contributed by atoms with Gasteiger partial charge in [-0.2, -0.15) is 5.10 Å². The number of carbonyl (C=O) groups is 2. The zero-order chi connectivity index (χ0) is 20.1. The second-order valence-corrected chi connectivity index (χ2v) is 7.09. The standard InChI is InChI=1S/C22H17N3O3S/c26-21(20-11-6-14-29-20)23-19-10-5-4-9-18(19)22(27)28-15-16-12-13-25(24-16)17-7-2-1-3-8-17/h1-14H,15H2,(H,23,26). The van der Waals surface area contributed by atoms with Gasteiger partial charge in [0.1, 0.15) is 12.3 Å². The van der Waals surface area contributed by atoms with Crippen molar-refractivity contribution in [2.45, 2.75) is 6.61 Å². The van der Waals surface area contributed by atoms with Crippen molar-refractivity contribution in [2.75, 3.05) is 5.32 Å². The average molecular weight is 403 g/mol. The highest BCUT2D eigenvalue weighted by Gasteiger charge is 2.16. The molecule has 0 saturated carbocycles. The number of ether oxygens (including phenoxy) is 1. The van der Waals surface area contributed by atoms with E-state index >= 15 is 0 Å². The Labute approximate surface area is 171 Å². The minimum atomic E-state index is -0.527. The van der Waals surface area contributed by atoms with E-state index in [4.69, 9.17) is 4.74 Å². The topological polar surface area (TPSA) is 73.2 Å². The van der Waals surface area contributed by atoms with Crippen molar-refractivity contribution in [1.29, 1.82) is 0 Å². The minimum Gasteiger partial charge on any atom is -0.455 e. The van der Waals surface area contributed by atoms with Gasteiger partial charge in [0.05, 0.1) is 21.8 Å². The third-order valence-corrected chi connectivity index (χ3v) is 5.02. The number of esters is 1. The summed E-state index contributed by atoms with van der Waals surface area (Å²) < 4.78 is 7.13. The minimum absolute atomic E-state index is 0.0336. The second kappa shape index (κ2) is 8.53. The highest BCUT2D eigenvalue weighted by molar-refractivity contribution is 7.12. The Hall–Kier alpha value is -3.71. The molecule has 2 aromatic carbocycles. The van der Waals surface area contributed by atoms with E-state index in [2.05, 4.69) is 10.4 Å². The van der Waals surface area contributed by atoms with Gasteiger partial charge < -0.3 is 10.1 Å². The fraction of sp³-hybridized carbons (Fsp3) is 0.0455. The molecule has 0 fully saturated rings. The lowest BCUT2D eigenvalue weighted by molar-refractivity contribution is 0.0468. The maximum Gasteiger partial charge on any atom is 0.340 e. The zero-order valence-corrected chi connectivity index (χ0v) is 16.1. The maximum absolute atomic E-state index is 12.6. The summed E-state index contributed by atoms with van der Waals surface area (Å²) in [6, 6.07) is 21.8. The largest absolute Gasteiger partial charge is 0.455 e. The molecular weight excluding hydrogens is 386 g/mol. The number of carbonyl (C=O) groups excluding carboxylic acids is 2. The number of hydrogen-bond acceptors (Lipinski definition) is 5. The summed E-state index contributed by atoms with van der Waals surface area (Å²) >= 11 is 1.33. The Morgan fingerprint density at radius 1 is 0.966 bits per heavy atom. The molecule has 0 spiro atoms. The molecule has 0 bridgehead atoms. The van der Waals surface area contributed by atoms with E-state index in [1.54, 1.807) is 47.1 Å². The van der Waals surface area contributed by atoms with Crippen LogP contribution < -0.4 is 5.32 Å². The van der Waals surface area contributed by atoms with Gasteiger partial charge >= 0.3 is 5.97 Å². The molecule has 0 saturated heterocycles. The molecule has 2 aromatic heterocycles. The number of aromatic nitrogens is 2. The van der Waals surface area contributed by atoms with Crippen molar-refractivity contribution < 1.29 is 14.3 Å². The van der Waals surface area contributed by atoms with Crippen LogP contribution in [0.2, 0.25) is 0 Å². The van der Waals surface area contributed by atoms with Gasteiger partial charge in [0.15, 0.2) is 0 Å². The van der Waals surface area contributed by atoms with Crippen molar-refractivity contribution in [3.63, 3.8) is 0 Å². The molecule has 0 radical (unpaired) electrons. The molecule has 0 aliphatic heterocycles. The fourth-order valence-electron chi connectivity index (χ4n) is 2.74. The van der Waals surface area contributed by atoms with Gasteiger partial charge in [-0.1, -0.05) is 36.4 Å². The molecule has 4 rings (SSSR count). The molecule has 1 N–H and O–H groups in total. The van der Waals surface area contributed by atoms with Crippen molar-refractivity contribution in [3.05, 3.63) is 101 Å². The number of benzene rings is 2. The Kier molecular flexibility index (Phi) is 5.49. The lowest BCUT2D eigenvalue weighted by atomic mass is 10.1. The predicted molar refractivity (Wildman–Crippen MR) is 111 cm³/mol. The van der Waals surface area contributed by atoms with Crippen LogP contribution in [0, 0.1) is 0 Å². The zero-order valence-electron chi connectivity index (χ0n) is 15.3. The summed E-state index contributed by atoms with van der Waals surface area (Å²) in [4.78, 5) is 25.4. The molecule has 0 unspecified atom stereocenters. The number of rotatable bonds is 6. The summed E-state index contributed by atoms with van der Waals surface area (Å²) in [5.41, 5.74) is 2.25. The normalized spacial score (nSPS) is 10.5. The highest BCUT2D eigenvalue weighted by atomic mass is 32.1. The Bertz CT molecular complexity index is 1120. The van der Waals surface area contributed by atoms with E-state index in [0.29, 0.717) is 21.8 Å². The van der Waals surface area contributed by atoms with Gasteiger partial charge in [-0.3, -0.25) is 4.79 Å². The first-order chi connectivity index (χ1) is 14.2. The number of para-hydroxylation sites is 2. The summed E-state index contributed by atoms with van der Waals surface area (Å²) in [6.07, 6.45) is 1.81. The second-order valence-electron chi connectivity index (χ2n) is 6.14. The third kappa shape index (κ3) is 4.41. The summed E-state index contributed by atoms with van der Waals surface area (Å²) in [5, 5.41) is 9.01. The number of amides is 1. The van der Waals surface area contributed by atoms with Crippen molar-refractivity contribution in [1.82, 2.24) is 9.78 Å². The molecule has 6 nitrogen and oxygen atoms in total. The lowest BCUT2D eigenvalue weighted by Gasteiger charge is -2.10. The predicted octanol–water partition coefficient (Wildman–Crippen LogP) is 4.54. The van der Waals surface area contributed by atoms with Crippen LogP contribution in [0.15, 0.2) is 84.4 Å². The van der Waals surface area contributed by atoms with E-state index in [1.807, 2.05) is 41.9 Å². The summed E-state index contributed by atoms with van der Waals surface area (Å²) in [5.74, 6) is -0.789. The van der Waals surface area contributed by atoms with E-state index < -0.39 is 5.97 Å². The van der Waals surface area contributed by atoms with Gasteiger partial charge in [-0.15, -0.1) is 11.3 Å². The van der Waals surface area contributed by atoms with Crippen LogP contribution in [-0.2, 0) is 11.3 Å². The average Bonchev–Trinajstić information content (AvgIpc) is 3.45. The van der Waals surface area contributed by atoms with Gasteiger partial charge in [-0.25, -0.2) is 9.48 Å². The third-order valence-electron chi connectivity index (χ3n) is 4.16.